The number of carbonyl (C=O) groups excluding carboxylic acids is 2. The van der Waals surface area contributed by atoms with Crippen molar-refractivity contribution in [1.29, 1.82) is 0 Å². The number of anilines is 2. The highest BCUT2D eigenvalue weighted by Gasteiger charge is 2.35. The first-order valence-corrected chi connectivity index (χ1v) is 13.1. The molecule has 1 aliphatic heterocycles. The molecule has 2 aromatic carbocycles. The maximum atomic E-state index is 13.6. The number of pyridine rings is 1. The lowest BCUT2D eigenvalue weighted by Gasteiger charge is -2.35. The van der Waals surface area contributed by atoms with Crippen LogP contribution in [0.15, 0.2) is 70.1 Å². The number of benzene rings is 2. The van der Waals surface area contributed by atoms with Crippen molar-refractivity contribution in [2.45, 2.75) is 52.3 Å². The predicted molar refractivity (Wildman–Crippen MR) is 151 cm³/mol. The summed E-state index contributed by atoms with van der Waals surface area (Å²) >= 11 is 0. The van der Waals surface area contributed by atoms with Crippen LogP contribution in [0.25, 0.3) is 10.9 Å². The summed E-state index contributed by atoms with van der Waals surface area (Å²) in [6.07, 6.45) is 3.38. The summed E-state index contributed by atoms with van der Waals surface area (Å²) in [4.78, 5) is 49.6. The lowest BCUT2D eigenvalue weighted by atomic mass is 9.92. The standard InChI is InChI=1S/C30H31N5O5/c1-18-22(34-29(38)40-30(2,3)4)9-10-23-24(18)27(37)39-28(33-23)35-16-13-20-7-5-6-8-21(20)25(35)26(36)32-17-19-11-14-31-15-12-19/h5-12,14-15,25H,13,16-17H2,1-4H3,(H,32,36)(H,34,38). The zero-order valence-corrected chi connectivity index (χ0v) is 22.9. The van der Waals surface area contributed by atoms with Crippen molar-refractivity contribution < 1.29 is 18.7 Å². The summed E-state index contributed by atoms with van der Waals surface area (Å²) in [6.45, 7) is 7.78. The van der Waals surface area contributed by atoms with E-state index >= 15 is 0 Å². The molecule has 206 valence electrons. The minimum atomic E-state index is -0.742. The van der Waals surface area contributed by atoms with Crippen molar-refractivity contribution >= 4 is 34.6 Å². The summed E-state index contributed by atoms with van der Waals surface area (Å²) in [6, 6.07) is 14.1. The molecule has 40 heavy (non-hydrogen) atoms. The van der Waals surface area contributed by atoms with Crippen LogP contribution >= 0.6 is 0 Å². The highest BCUT2D eigenvalue weighted by molar-refractivity contribution is 5.93. The fourth-order valence-corrected chi connectivity index (χ4v) is 4.82. The SMILES string of the molecule is Cc1c(NC(=O)OC(C)(C)C)ccc2nc(N3CCc4ccccc4C3C(=O)NCc3ccncc3)oc(=O)c12. The van der Waals surface area contributed by atoms with Gasteiger partial charge in [0.05, 0.1) is 10.9 Å². The molecule has 2 N–H and O–H groups in total. The Morgan fingerprint density at radius 2 is 1.85 bits per heavy atom. The maximum absolute atomic E-state index is 13.6. The molecular formula is C30H31N5O5. The number of aryl methyl sites for hydroxylation is 1. The van der Waals surface area contributed by atoms with E-state index in [9.17, 15) is 14.4 Å². The molecule has 1 aliphatic rings. The van der Waals surface area contributed by atoms with Crippen LogP contribution in [0.2, 0.25) is 0 Å². The zero-order valence-electron chi connectivity index (χ0n) is 22.9. The number of nitrogens with zero attached hydrogens (tertiary/aromatic N) is 3. The van der Waals surface area contributed by atoms with E-state index in [2.05, 4.69) is 20.6 Å². The van der Waals surface area contributed by atoms with Crippen LogP contribution < -0.4 is 21.2 Å². The molecule has 0 fully saturated rings. The first-order valence-electron chi connectivity index (χ1n) is 13.1. The molecule has 1 unspecified atom stereocenters. The second-order valence-electron chi connectivity index (χ2n) is 10.7. The number of aromatic nitrogens is 2. The molecule has 10 heteroatoms. The fraction of sp³-hybridized carbons (Fsp3) is 0.300. The third-order valence-corrected chi connectivity index (χ3v) is 6.68. The van der Waals surface area contributed by atoms with Gasteiger partial charge in [0.1, 0.15) is 11.6 Å². The van der Waals surface area contributed by atoms with E-state index in [1.54, 1.807) is 57.1 Å². The molecular weight excluding hydrogens is 510 g/mol. The molecule has 0 saturated carbocycles. The average molecular weight is 542 g/mol. The summed E-state index contributed by atoms with van der Waals surface area (Å²) in [5.41, 5.74) is 2.85. The van der Waals surface area contributed by atoms with Gasteiger partial charge in [0.25, 0.3) is 0 Å². The van der Waals surface area contributed by atoms with E-state index in [-0.39, 0.29) is 17.3 Å². The molecule has 1 atom stereocenters. The van der Waals surface area contributed by atoms with Crippen LogP contribution in [0.1, 0.15) is 49.1 Å². The van der Waals surface area contributed by atoms with Crippen molar-refractivity contribution in [2.24, 2.45) is 0 Å². The van der Waals surface area contributed by atoms with Gasteiger partial charge in [-0.1, -0.05) is 24.3 Å². The van der Waals surface area contributed by atoms with Crippen molar-refractivity contribution in [1.82, 2.24) is 15.3 Å². The second kappa shape index (κ2) is 10.8. The van der Waals surface area contributed by atoms with E-state index < -0.39 is 23.4 Å². The first-order chi connectivity index (χ1) is 19.1. The average Bonchev–Trinajstić information content (AvgIpc) is 2.92. The van der Waals surface area contributed by atoms with E-state index in [0.717, 1.165) is 16.7 Å². The predicted octanol–water partition coefficient (Wildman–Crippen LogP) is 4.66. The Hall–Kier alpha value is -4.73. The van der Waals surface area contributed by atoms with Crippen molar-refractivity contribution in [3.63, 3.8) is 0 Å². The second-order valence-corrected chi connectivity index (χ2v) is 10.7. The summed E-state index contributed by atoms with van der Waals surface area (Å²) in [5, 5.41) is 5.94. The highest BCUT2D eigenvalue weighted by atomic mass is 16.6. The van der Waals surface area contributed by atoms with Gasteiger partial charge in [-0.05, 0) is 80.6 Å². The van der Waals surface area contributed by atoms with Gasteiger partial charge in [0.15, 0.2) is 0 Å². The number of hydrogen-bond donors (Lipinski definition) is 2. The van der Waals surface area contributed by atoms with E-state index in [1.165, 1.54) is 0 Å². The molecule has 0 bridgehead atoms. The summed E-state index contributed by atoms with van der Waals surface area (Å²) in [7, 11) is 0. The Morgan fingerprint density at radius 3 is 2.60 bits per heavy atom. The fourth-order valence-electron chi connectivity index (χ4n) is 4.82. The van der Waals surface area contributed by atoms with Gasteiger partial charge < -0.3 is 19.4 Å². The van der Waals surface area contributed by atoms with Crippen LogP contribution in [0, 0.1) is 6.92 Å². The number of ether oxygens (including phenoxy) is 1. The molecule has 4 aromatic rings. The molecule has 5 rings (SSSR count). The molecule has 3 heterocycles. The Balaban J connectivity index is 1.48. The summed E-state index contributed by atoms with van der Waals surface area (Å²) in [5.74, 6) is -0.235. The minimum Gasteiger partial charge on any atom is -0.444 e. The van der Waals surface area contributed by atoms with Crippen molar-refractivity contribution in [3.05, 3.63) is 93.6 Å². The summed E-state index contributed by atoms with van der Waals surface area (Å²) < 4.78 is 11.1. The van der Waals surface area contributed by atoms with Crippen LogP contribution in [0.3, 0.4) is 0 Å². The minimum absolute atomic E-state index is 0.0586. The smallest absolute Gasteiger partial charge is 0.412 e. The quantitative estimate of drug-likeness (QED) is 0.374. The van der Waals surface area contributed by atoms with Gasteiger partial charge in [0, 0.05) is 31.2 Å². The molecule has 2 aromatic heterocycles. The molecule has 10 nitrogen and oxygen atoms in total. The normalized spacial score (nSPS) is 14.9. The molecule has 2 amide bonds. The first kappa shape index (κ1) is 26.9. The third kappa shape index (κ3) is 5.66. The lowest BCUT2D eigenvalue weighted by Crippen LogP contribution is -2.45. The third-order valence-electron chi connectivity index (χ3n) is 6.68. The zero-order chi connectivity index (χ0) is 28.4. The molecule has 0 saturated heterocycles. The van der Waals surface area contributed by atoms with Gasteiger partial charge in [-0.2, -0.15) is 4.98 Å². The Kier molecular flexibility index (Phi) is 7.25. The Morgan fingerprint density at radius 1 is 1.10 bits per heavy atom. The van der Waals surface area contributed by atoms with Crippen LogP contribution in [-0.2, 0) is 22.5 Å². The van der Waals surface area contributed by atoms with Gasteiger partial charge >= 0.3 is 17.7 Å². The molecule has 0 aliphatic carbocycles. The van der Waals surface area contributed by atoms with Crippen molar-refractivity contribution in [2.75, 3.05) is 16.8 Å². The van der Waals surface area contributed by atoms with E-state index in [4.69, 9.17) is 9.15 Å². The number of hydrogen-bond acceptors (Lipinski definition) is 8. The Labute approximate surface area is 231 Å². The topological polar surface area (TPSA) is 127 Å². The van der Waals surface area contributed by atoms with Gasteiger partial charge in [0.2, 0.25) is 5.91 Å². The number of carbonyl (C=O) groups is 2. The lowest BCUT2D eigenvalue weighted by molar-refractivity contribution is -0.123. The number of amides is 2. The molecule has 0 radical (unpaired) electrons. The maximum Gasteiger partial charge on any atom is 0.412 e. The Bertz CT molecular complexity index is 1630. The van der Waals surface area contributed by atoms with Crippen molar-refractivity contribution in [3.8, 4) is 0 Å². The monoisotopic (exact) mass is 541 g/mol. The van der Waals surface area contributed by atoms with E-state index in [1.807, 2.05) is 36.4 Å². The largest absolute Gasteiger partial charge is 0.444 e. The van der Waals surface area contributed by atoms with Gasteiger partial charge in [-0.3, -0.25) is 15.1 Å². The van der Waals surface area contributed by atoms with Gasteiger partial charge in [-0.15, -0.1) is 0 Å². The van der Waals surface area contributed by atoms with Crippen LogP contribution in [0.4, 0.5) is 16.5 Å². The van der Waals surface area contributed by atoms with E-state index in [0.29, 0.717) is 36.3 Å². The number of rotatable bonds is 5. The van der Waals surface area contributed by atoms with Crippen LogP contribution in [-0.4, -0.2) is 34.1 Å². The highest BCUT2D eigenvalue weighted by Crippen LogP contribution is 2.34. The van der Waals surface area contributed by atoms with Gasteiger partial charge in [-0.25, -0.2) is 9.59 Å². The number of nitrogens with one attached hydrogen (secondary N) is 2. The molecule has 0 spiro atoms. The number of fused-ring (bicyclic) bond motifs is 2. The van der Waals surface area contributed by atoms with Crippen LogP contribution in [0.5, 0.6) is 0 Å².